The number of rotatable bonds is 10. The minimum Gasteiger partial charge on any atom is -0.383 e. The topological polar surface area (TPSA) is 57.0 Å². The van der Waals surface area contributed by atoms with Crippen molar-refractivity contribution in [1.29, 1.82) is 0 Å². The molecule has 0 N–H and O–H groups in total. The first kappa shape index (κ1) is 22.2. The third kappa shape index (κ3) is 5.18. The van der Waals surface area contributed by atoms with Crippen LogP contribution in [0.1, 0.15) is 40.9 Å². The lowest BCUT2D eigenvalue weighted by Crippen LogP contribution is -2.10. The van der Waals surface area contributed by atoms with Gasteiger partial charge in [-0.1, -0.05) is 61.5 Å². The van der Waals surface area contributed by atoms with Crippen LogP contribution in [0, 0.1) is 6.92 Å². The van der Waals surface area contributed by atoms with Gasteiger partial charge < -0.3 is 4.74 Å². The lowest BCUT2D eigenvalue weighted by Gasteiger charge is -2.11. The van der Waals surface area contributed by atoms with Crippen molar-refractivity contribution in [3.05, 3.63) is 64.7 Å². The predicted molar refractivity (Wildman–Crippen MR) is 122 cm³/mol. The molecule has 1 aromatic heterocycles. The SMILES string of the molecule is CCc1ccc(CC)c(C(=O)CSc2nnc(-c3cccc(C)c3)n2CCOC)c1. The molecule has 0 aliphatic rings. The Hall–Kier alpha value is -2.44. The number of ketones is 1. The largest absolute Gasteiger partial charge is 0.383 e. The summed E-state index contributed by atoms with van der Waals surface area (Å²) in [5.74, 6) is 1.26. The zero-order chi connectivity index (χ0) is 21.5. The molecular formula is C24H29N3O2S. The van der Waals surface area contributed by atoms with E-state index in [4.69, 9.17) is 4.74 Å². The molecule has 0 atom stereocenters. The first-order valence-electron chi connectivity index (χ1n) is 10.3. The summed E-state index contributed by atoms with van der Waals surface area (Å²) in [6, 6.07) is 14.4. The summed E-state index contributed by atoms with van der Waals surface area (Å²) in [5.41, 5.74) is 5.29. The molecule has 158 valence electrons. The highest BCUT2D eigenvalue weighted by Crippen LogP contribution is 2.26. The second-order valence-electron chi connectivity index (χ2n) is 7.23. The van der Waals surface area contributed by atoms with Gasteiger partial charge in [-0.2, -0.15) is 0 Å². The third-order valence-corrected chi connectivity index (χ3v) is 6.08. The maximum Gasteiger partial charge on any atom is 0.192 e. The van der Waals surface area contributed by atoms with E-state index in [1.165, 1.54) is 22.9 Å². The Kier molecular flexibility index (Phi) is 7.82. The number of aromatic nitrogens is 3. The molecule has 0 bridgehead atoms. The van der Waals surface area contributed by atoms with Crippen LogP contribution in [-0.2, 0) is 24.1 Å². The van der Waals surface area contributed by atoms with E-state index in [0.29, 0.717) is 18.9 Å². The summed E-state index contributed by atoms with van der Waals surface area (Å²) in [5, 5.41) is 9.54. The van der Waals surface area contributed by atoms with Gasteiger partial charge in [-0.3, -0.25) is 9.36 Å². The maximum atomic E-state index is 13.0. The van der Waals surface area contributed by atoms with Crippen LogP contribution in [0.3, 0.4) is 0 Å². The molecule has 30 heavy (non-hydrogen) atoms. The van der Waals surface area contributed by atoms with Gasteiger partial charge in [0.2, 0.25) is 0 Å². The Balaban J connectivity index is 1.84. The van der Waals surface area contributed by atoms with Gasteiger partial charge in [-0.15, -0.1) is 10.2 Å². The number of methoxy groups -OCH3 is 1. The summed E-state index contributed by atoms with van der Waals surface area (Å²) in [4.78, 5) is 13.0. The van der Waals surface area contributed by atoms with E-state index in [-0.39, 0.29) is 5.78 Å². The van der Waals surface area contributed by atoms with E-state index in [2.05, 4.69) is 55.2 Å². The smallest absolute Gasteiger partial charge is 0.192 e. The fourth-order valence-corrected chi connectivity index (χ4v) is 4.24. The number of hydrogen-bond acceptors (Lipinski definition) is 5. The van der Waals surface area contributed by atoms with Gasteiger partial charge in [0.25, 0.3) is 0 Å². The Morgan fingerprint density at radius 2 is 1.93 bits per heavy atom. The third-order valence-electron chi connectivity index (χ3n) is 5.11. The van der Waals surface area contributed by atoms with Crippen LogP contribution >= 0.6 is 11.8 Å². The number of hydrogen-bond donors (Lipinski definition) is 0. The zero-order valence-corrected chi connectivity index (χ0v) is 19.0. The number of Topliss-reactive ketones (excluding diaryl/α,β-unsaturated/α-hetero) is 1. The van der Waals surface area contributed by atoms with Crippen LogP contribution in [0.25, 0.3) is 11.4 Å². The van der Waals surface area contributed by atoms with Gasteiger partial charge in [-0.05, 0) is 43.0 Å². The van der Waals surface area contributed by atoms with Crippen molar-refractivity contribution < 1.29 is 9.53 Å². The van der Waals surface area contributed by atoms with Crippen molar-refractivity contribution >= 4 is 17.5 Å². The van der Waals surface area contributed by atoms with E-state index < -0.39 is 0 Å². The second kappa shape index (κ2) is 10.5. The Morgan fingerprint density at radius 3 is 2.63 bits per heavy atom. The Morgan fingerprint density at radius 1 is 1.10 bits per heavy atom. The van der Waals surface area contributed by atoms with E-state index >= 15 is 0 Å². The highest BCUT2D eigenvalue weighted by atomic mass is 32.2. The molecule has 2 aromatic carbocycles. The normalized spacial score (nSPS) is 11.1. The predicted octanol–water partition coefficient (Wildman–Crippen LogP) is 5.00. The van der Waals surface area contributed by atoms with Crippen LogP contribution in [0.4, 0.5) is 0 Å². The monoisotopic (exact) mass is 423 g/mol. The molecule has 5 nitrogen and oxygen atoms in total. The number of thioether (sulfide) groups is 1. The van der Waals surface area contributed by atoms with Gasteiger partial charge in [0.15, 0.2) is 16.8 Å². The highest BCUT2D eigenvalue weighted by Gasteiger charge is 2.17. The van der Waals surface area contributed by atoms with Crippen molar-refractivity contribution in [3.63, 3.8) is 0 Å². The first-order valence-corrected chi connectivity index (χ1v) is 11.3. The van der Waals surface area contributed by atoms with Crippen molar-refractivity contribution in [1.82, 2.24) is 14.8 Å². The summed E-state index contributed by atoms with van der Waals surface area (Å²) in [6.45, 7) is 7.44. The summed E-state index contributed by atoms with van der Waals surface area (Å²) in [6.07, 6.45) is 1.76. The van der Waals surface area contributed by atoms with Crippen LogP contribution in [0.2, 0.25) is 0 Å². The number of nitrogens with zero attached hydrogens (tertiary/aromatic N) is 3. The molecular weight excluding hydrogens is 394 g/mol. The molecule has 0 spiro atoms. The second-order valence-corrected chi connectivity index (χ2v) is 8.17. The average molecular weight is 424 g/mol. The van der Waals surface area contributed by atoms with E-state index in [0.717, 1.165) is 40.5 Å². The standard InChI is InChI=1S/C24H29N3O2S/c1-5-18-10-11-19(6-2)21(15-18)22(28)16-30-24-26-25-23(27(24)12-13-29-4)20-9-7-8-17(3)14-20/h7-11,14-15H,5-6,12-13,16H2,1-4H3. The molecule has 0 fully saturated rings. The van der Waals surface area contributed by atoms with Gasteiger partial charge in [0.1, 0.15) is 0 Å². The molecule has 3 aromatic rings. The molecule has 0 unspecified atom stereocenters. The Bertz CT molecular complexity index is 1010. The van der Waals surface area contributed by atoms with Crippen LogP contribution in [-0.4, -0.2) is 40.0 Å². The number of ether oxygens (including phenoxy) is 1. The molecule has 3 rings (SSSR count). The molecule has 0 saturated carbocycles. The molecule has 0 aliphatic carbocycles. The van der Waals surface area contributed by atoms with Crippen molar-refractivity contribution in [2.24, 2.45) is 0 Å². The molecule has 6 heteroatoms. The number of carbonyl (C=O) groups excluding carboxylic acids is 1. The van der Waals surface area contributed by atoms with Crippen molar-refractivity contribution in [3.8, 4) is 11.4 Å². The fourth-order valence-electron chi connectivity index (χ4n) is 3.40. The van der Waals surface area contributed by atoms with Crippen LogP contribution in [0.15, 0.2) is 47.6 Å². The lowest BCUT2D eigenvalue weighted by molar-refractivity contribution is 0.102. The minimum atomic E-state index is 0.130. The fraction of sp³-hybridized carbons (Fsp3) is 0.375. The number of benzene rings is 2. The summed E-state index contributed by atoms with van der Waals surface area (Å²) < 4.78 is 7.32. The molecule has 0 amide bonds. The first-order chi connectivity index (χ1) is 14.6. The number of aryl methyl sites for hydroxylation is 3. The van der Waals surface area contributed by atoms with Gasteiger partial charge in [0, 0.05) is 18.2 Å². The molecule has 0 radical (unpaired) electrons. The van der Waals surface area contributed by atoms with Crippen molar-refractivity contribution in [2.75, 3.05) is 19.5 Å². The van der Waals surface area contributed by atoms with Crippen LogP contribution in [0.5, 0.6) is 0 Å². The van der Waals surface area contributed by atoms with Crippen LogP contribution < -0.4 is 0 Å². The van der Waals surface area contributed by atoms with E-state index in [9.17, 15) is 4.79 Å². The Labute approximate surface area is 182 Å². The van der Waals surface area contributed by atoms with E-state index in [1.54, 1.807) is 7.11 Å². The quantitative estimate of drug-likeness (QED) is 0.339. The summed E-state index contributed by atoms with van der Waals surface area (Å²) in [7, 11) is 1.68. The summed E-state index contributed by atoms with van der Waals surface area (Å²) >= 11 is 1.44. The molecule has 0 aliphatic heterocycles. The van der Waals surface area contributed by atoms with Gasteiger partial charge in [0.05, 0.1) is 18.9 Å². The molecule has 1 heterocycles. The molecule has 0 saturated heterocycles. The number of carbonyl (C=O) groups is 1. The lowest BCUT2D eigenvalue weighted by atomic mass is 9.98. The average Bonchev–Trinajstić information content (AvgIpc) is 3.18. The van der Waals surface area contributed by atoms with E-state index in [1.807, 2.05) is 22.8 Å². The minimum absolute atomic E-state index is 0.130. The van der Waals surface area contributed by atoms with Gasteiger partial charge in [-0.25, -0.2) is 0 Å². The highest BCUT2D eigenvalue weighted by molar-refractivity contribution is 7.99. The van der Waals surface area contributed by atoms with Gasteiger partial charge >= 0.3 is 0 Å². The zero-order valence-electron chi connectivity index (χ0n) is 18.1. The van der Waals surface area contributed by atoms with Crippen molar-refractivity contribution in [2.45, 2.75) is 45.3 Å². The maximum absolute atomic E-state index is 13.0.